The molecule has 2 N–H and O–H groups in total. The molecule has 1 amide bonds. The number of carbonyl (C=O) groups is 1. The zero-order valence-corrected chi connectivity index (χ0v) is 17.6. The average molecular weight is 420 g/mol. The van der Waals surface area contributed by atoms with Crippen molar-refractivity contribution in [1.29, 1.82) is 0 Å². The molecule has 0 saturated heterocycles. The first-order chi connectivity index (χ1) is 14.7. The molecular formula is C24H25N3O2S. The minimum atomic E-state index is -0.496. The molecule has 3 aromatic rings. The molecule has 2 aromatic carbocycles. The fraction of sp³-hybridized carbons (Fsp3) is 0.292. The monoisotopic (exact) mass is 419 g/mol. The van der Waals surface area contributed by atoms with Gasteiger partial charge in [0.1, 0.15) is 5.75 Å². The minimum absolute atomic E-state index is 0.128. The Morgan fingerprint density at radius 1 is 1.10 bits per heavy atom. The van der Waals surface area contributed by atoms with Crippen LogP contribution < -0.4 is 10.5 Å². The number of hydrogen-bond donors (Lipinski definition) is 1. The SMILES string of the molecule is NC(=O)COc1ccc(C=Nc2nc(-c3ccc(C4CCCCC4)cc3)cs2)cc1. The summed E-state index contributed by atoms with van der Waals surface area (Å²) in [6.45, 7) is -0.128. The van der Waals surface area contributed by atoms with Gasteiger partial charge in [-0.1, -0.05) is 43.5 Å². The number of hydrogen-bond acceptors (Lipinski definition) is 5. The van der Waals surface area contributed by atoms with E-state index >= 15 is 0 Å². The van der Waals surface area contributed by atoms with Gasteiger partial charge in [0.05, 0.1) is 5.69 Å². The molecule has 30 heavy (non-hydrogen) atoms. The van der Waals surface area contributed by atoms with E-state index in [4.69, 9.17) is 10.5 Å². The van der Waals surface area contributed by atoms with Crippen LogP contribution in [0.25, 0.3) is 11.3 Å². The lowest BCUT2D eigenvalue weighted by atomic mass is 9.84. The summed E-state index contributed by atoms with van der Waals surface area (Å²) in [6.07, 6.45) is 8.48. The van der Waals surface area contributed by atoms with Gasteiger partial charge in [0.2, 0.25) is 5.13 Å². The molecule has 6 heteroatoms. The Balaban J connectivity index is 1.38. The second-order valence-electron chi connectivity index (χ2n) is 7.55. The van der Waals surface area contributed by atoms with E-state index in [1.165, 1.54) is 49.0 Å². The summed E-state index contributed by atoms with van der Waals surface area (Å²) in [7, 11) is 0. The number of nitrogens with zero attached hydrogens (tertiary/aromatic N) is 2. The van der Waals surface area contributed by atoms with Crippen LogP contribution in [0.2, 0.25) is 0 Å². The predicted molar refractivity (Wildman–Crippen MR) is 122 cm³/mol. The average Bonchev–Trinajstić information content (AvgIpc) is 3.27. The van der Waals surface area contributed by atoms with Crippen molar-refractivity contribution in [2.45, 2.75) is 38.0 Å². The highest BCUT2D eigenvalue weighted by atomic mass is 32.1. The number of aliphatic imine (C=N–C) groups is 1. The predicted octanol–water partition coefficient (Wildman–Crippen LogP) is 5.47. The van der Waals surface area contributed by atoms with Crippen LogP contribution in [0, 0.1) is 0 Å². The normalized spacial score (nSPS) is 14.8. The van der Waals surface area contributed by atoms with Crippen LogP contribution in [0.1, 0.15) is 49.1 Å². The number of aromatic nitrogens is 1. The van der Waals surface area contributed by atoms with Gasteiger partial charge < -0.3 is 10.5 Å². The number of rotatable bonds is 7. The molecule has 154 valence electrons. The van der Waals surface area contributed by atoms with Crippen molar-refractivity contribution < 1.29 is 9.53 Å². The first kappa shape index (κ1) is 20.3. The van der Waals surface area contributed by atoms with E-state index in [1.807, 2.05) is 17.5 Å². The highest BCUT2D eigenvalue weighted by molar-refractivity contribution is 7.13. The Hall–Kier alpha value is -2.99. The minimum Gasteiger partial charge on any atom is -0.484 e. The van der Waals surface area contributed by atoms with Gasteiger partial charge in [0.25, 0.3) is 5.91 Å². The standard InChI is InChI=1S/C24H25N3O2S/c25-23(28)15-29-21-12-6-17(7-13-21)14-26-24-27-22(16-30-24)20-10-8-19(9-11-20)18-4-2-1-3-5-18/h6-14,16,18H,1-5,15H2,(H2,25,28). The molecule has 1 fully saturated rings. The van der Waals surface area contributed by atoms with Crippen molar-refractivity contribution in [3.05, 3.63) is 65.0 Å². The molecular weight excluding hydrogens is 394 g/mol. The molecule has 1 aliphatic rings. The molecule has 4 rings (SSSR count). The lowest BCUT2D eigenvalue weighted by molar-refractivity contribution is -0.119. The molecule has 0 bridgehead atoms. The molecule has 0 atom stereocenters. The molecule has 0 aliphatic heterocycles. The van der Waals surface area contributed by atoms with Gasteiger partial charge in [-0.2, -0.15) is 0 Å². The summed E-state index contributed by atoms with van der Waals surface area (Å²) < 4.78 is 5.26. The maximum absolute atomic E-state index is 10.8. The van der Waals surface area contributed by atoms with Crippen molar-refractivity contribution in [2.75, 3.05) is 6.61 Å². The topological polar surface area (TPSA) is 77.6 Å². The first-order valence-electron chi connectivity index (χ1n) is 10.3. The molecule has 0 spiro atoms. The number of amides is 1. The van der Waals surface area contributed by atoms with Crippen molar-refractivity contribution >= 4 is 28.6 Å². The van der Waals surface area contributed by atoms with Gasteiger partial charge in [0.15, 0.2) is 6.61 Å². The van der Waals surface area contributed by atoms with E-state index in [9.17, 15) is 4.79 Å². The van der Waals surface area contributed by atoms with Crippen molar-refractivity contribution in [3.63, 3.8) is 0 Å². The lowest BCUT2D eigenvalue weighted by Crippen LogP contribution is -2.19. The smallest absolute Gasteiger partial charge is 0.255 e. The van der Waals surface area contributed by atoms with Gasteiger partial charge in [-0.3, -0.25) is 4.79 Å². The van der Waals surface area contributed by atoms with Gasteiger partial charge in [-0.05, 0) is 54.2 Å². The van der Waals surface area contributed by atoms with Gasteiger partial charge >= 0.3 is 0 Å². The molecule has 0 radical (unpaired) electrons. The fourth-order valence-electron chi connectivity index (χ4n) is 3.75. The zero-order chi connectivity index (χ0) is 20.8. The largest absolute Gasteiger partial charge is 0.484 e. The summed E-state index contributed by atoms with van der Waals surface area (Å²) in [5, 5.41) is 2.76. The highest BCUT2D eigenvalue weighted by Gasteiger charge is 2.15. The number of ether oxygens (including phenoxy) is 1. The second-order valence-corrected chi connectivity index (χ2v) is 8.39. The Kier molecular flexibility index (Phi) is 6.54. The second kappa shape index (κ2) is 9.67. The summed E-state index contributed by atoms with van der Waals surface area (Å²) in [5.74, 6) is 0.818. The van der Waals surface area contributed by atoms with Crippen molar-refractivity contribution in [3.8, 4) is 17.0 Å². The lowest BCUT2D eigenvalue weighted by Gasteiger charge is -2.22. The summed E-state index contributed by atoms with van der Waals surface area (Å²) in [4.78, 5) is 19.9. The van der Waals surface area contributed by atoms with Crippen LogP contribution in [0.15, 0.2) is 58.9 Å². The molecule has 5 nitrogen and oxygen atoms in total. The van der Waals surface area contributed by atoms with Crippen LogP contribution >= 0.6 is 11.3 Å². The van der Waals surface area contributed by atoms with E-state index < -0.39 is 5.91 Å². The Morgan fingerprint density at radius 2 is 1.83 bits per heavy atom. The number of nitrogens with two attached hydrogens (primary N) is 1. The van der Waals surface area contributed by atoms with E-state index in [-0.39, 0.29) is 6.61 Å². The molecule has 1 aliphatic carbocycles. The number of thiazole rings is 1. The molecule has 1 saturated carbocycles. The number of benzene rings is 2. The summed E-state index contributed by atoms with van der Waals surface area (Å²) in [6, 6.07) is 16.2. The number of primary amides is 1. The molecule has 1 aromatic heterocycles. The zero-order valence-electron chi connectivity index (χ0n) is 16.8. The summed E-state index contributed by atoms with van der Waals surface area (Å²) >= 11 is 1.53. The van der Waals surface area contributed by atoms with Crippen LogP contribution in [-0.2, 0) is 4.79 Å². The quantitative estimate of drug-likeness (QED) is 0.516. The van der Waals surface area contributed by atoms with E-state index in [1.54, 1.807) is 18.3 Å². The van der Waals surface area contributed by atoms with Crippen molar-refractivity contribution in [2.24, 2.45) is 10.7 Å². The van der Waals surface area contributed by atoms with E-state index in [0.29, 0.717) is 5.75 Å². The van der Waals surface area contributed by atoms with Gasteiger partial charge in [-0.15, -0.1) is 11.3 Å². The van der Waals surface area contributed by atoms with Crippen LogP contribution in [0.5, 0.6) is 5.75 Å². The first-order valence-corrected chi connectivity index (χ1v) is 11.2. The maximum Gasteiger partial charge on any atom is 0.255 e. The van der Waals surface area contributed by atoms with Crippen LogP contribution in [0.4, 0.5) is 5.13 Å². The molecule has 1 heterocycles. The van der Waals surface area contributed by atoms with Gasteiger partial charge in [0, 0.05) is 17.2 Å². The summed E-state index contributed by atoms with van der Waals surface area (Å²) in [5.41, 5.74) is 9.54. The van der Waals surface area contributed by atoms with E-state index in [0.717, 1.165) is 27.9 Å². The third-order valence-electron chi connectivity index (χ3n) is 5.36. The van der Waals surface area contributed by atoms with E-state index in [2.05, 4.69) is 34.2 Å². The molecule has 0 unspecified atom stereocenters. The van der Waals surface area contributed by atoms with Crippen LogP contribution in [-0.4, -0.2) is 23.7 Å². The Bertz CT molecular complexity index is 1000. The Morgan fingerprint density at radius 3 is 2.53 bits per heavy atom. The third kappa shape index (κ3) is 5.33. The third-order valence-corrected chi connectivity index (χ3v) is 6.11. The van der Waals surface area contributed by atoms with Crippen LogP contribution in [0.3, 0.4) is 0 Å². The highest BCUT2D eigenvalue weighted by Crippen LogP contribution is 2.34. The Labute approximate surface area is 180 Å². The fourth-order valence-corrected chi connectivity index (χ4v) is 4.42. The maximum atomic E-state index is 10.8. The number of carbonyl (C=O) groups excluding carboxylic acids is 1. The van der Waals surface area contributed by atoms with Gasteiger partial charge in [-0.25, -0.2) is 9.98 Å². The van der Waals surface area contributed by atoms with Crippen molar-refractivity contribution in [1.82, 2.24) is 4.98 Å².